The van der Waals surface area contributed by atoms with Gasteiger partial charge in [0.2, 0.25) is 5.91 Å². The van der Waals surface area contributed by atoms with E-state index in [0.29, 0.717) is 44.0 Å². The van der Waals surface area contributed by atoms with Crippen molar-refractivity contribution in [2.45, 2.75) is 69.9 Å². The molecule has 1 aromatic heterocycles. The molecule has 2 fully saturated rings. The van der Waals surface area contributed by atoms with Crippen molar-refractivity contribution in [1.29, 1.82) is 0 Å². The Morgan fingerprint density at radius 1 is 1.35 bits per heavy atom. The van der Waals surface area contributed by atoms with Crippen LogP contribution in [0.2, 0.25) is 0 Å². The van der Waals surface area contributed by atoms with Gasteiger partial charge < -0.3 is 19.7 Å². The number of amides is 1. The fourth-order valence-corrected chi connectivity index (χ4v) is 4.97. The molecule has 1 aromatic rings. The summed E-state index contributed by atoms with van der Waals surface area (Å²) in [6.45, 7) is 4.61. The van der Waals surface area contributed by atoms with Crippen molar-refractivity contribution in [2.24, 2.45) is 5.92 Å². The van der Waals surface area contributed by atoms with E-state index in [1.165, 1.54) is 0 Å². The van der Waals surface area contributed by atoms with E-state index in [0.717, 1.165) is 37.9 Å². The van der Waals surface area contributed by atoms with Gasteiger partial charge in [-0.25, -0.2) is 0 Å². The molecule has 3 aliphatic rings. The highest BCUT2D eigenvalue weighted by molar-refractivity contribution is 5.79. The highest BCUT2D eigenvalue weighted by Crippen LogP contribution is 2.33. The molecule has 6 nitrogen and oxygen atoms in total. The molecule has 1 saturated carbocycles. The molecule has 0 bridgehead atoms. The van der Waals surface area contributed by atoms with Gasteiger partial charge in [0, 0.05) is 62.6 Å². The number of alkyl halides is 3. The molecule has 31 heavy (non-hydrogen) atoms. The summed E-state index contributed by atoms with van der Waals surface area (Å²) >= 11 is 0. The van der Waals surface area contributed by atoms with Gasteiger partial charge in [0.1, 0.15) is 0 Å². The summed E-state index contributed by atoms with van der Waals surface area (Å²) in [6, 6.07) is 1.61. The first-order valence-electron chi connectivity index (χ1n) is 11.1. The highest BCUT2D eigenvalue weighted by atomic mass is 19.4. The summed E-state index contributed by atoms with van der Waals surface area (Å²) in [7, 11) is 0. The third-order valence-electron chi connectivity index (χ3n) is 6.60. The van der Waals surface area contributed by atoms with Crippen LogP contribution in [0.5, 0.6) is 0 Å². The number of nitrogens with zero attached hydrogens (tertiary/aromatic N) is 2. The second kappa shape index (κ2) is 9.42. The van der Waals surface area contributed by atoms with E-state index in [-0.39, 0.29) is 36.6 Å². The second-order valence-corrected chi connectivity index (χ2v) is 8.67. The predicted molar refractivity (Wildman–Crippen MR) is 107 cm³/mol. The van der Waals surface area contributed by atoms with Crippen molar-refractivity contribution in [3.63, 3.8) is 0 Å². The van der Waals surface area contributed by atoms with Crippen LogP contribution < -0.4 is 5.32 Å². The lowest BCUT2D eigenvalue weighted by Gasteiger charge is -2.34. The third kappa shape index (κ3) is 5.21. The SMILES string of the molecule is CCO[C@@H]1COCC[C@@H]1NC1CC[C@H](C(=O)N2CCc3ncc(C(F)(F)F)cc3C2)C1. The van der Waals surface area contributed by atoms with Crippen LogP contribution in [0.25, 0.3) is 0 Å². The lowest BCUT2D eigenvalue weighted by Crippen LogP contribution is -2.51. The second-order valence-electron chi connectivity index (χ2n) is 8.67. The maximum atomic E-state index is 13.1. The van der Waals surface area contributed by atoms with E-state index in [1.54, 1.807) is 4.90 Å². The summed E-state index contributed by atoms with van der Waals surface area (Å²) in [5, 5.41) is 3.67. The summed E-state index contributed by atoms with van der Waals surface area (Å²) in [4.78, 5) is 18.8. The molecule has 9 heteroatoms. The number of rotatable bonds is 5. The summed E-state index contributed by atoms with van der Waals surface area (Å²) < 4.78 is 50.4. The van der Waals surface area contributed by atoms with Gasteiger partial charge in [-0.15, -0.1) is 0 Å². The summed E-state index contributed by atoms with van der Waals surface area (Å²) in [6.07, 6.45) is 0.321. The van der Waals surface area contributed by atoms with Crippen LogP contribution in [-0.2, 0) is 33.4 Å². The van der Waals surface area contributed by atoms with Crippen molar-refractivity contribution in [1.82, 2.24) is 15.2 Å². The van der Waals surface area contributed by atoms with Crippen molar-refractivity contribution in [3.8, 4) is 0 Å². The zero-order valence-electron chi connectivity index (χ0n) is 17.8. The van der Waals surface area contributed by atoms with Gasteiger partial charge in [-0.1, -0.05) is 0 Å². The monoisotopic (exact) mass is 441 g/mol. The molecule has 0 aromatic carbocycles. The molecule has 3 heterocycles. The van der Waals surface area contributed by atoms with E-state index >= 15 is 0 Å². The van der Waals surface area contributed by atoms with Crippen molar-refractivity contribution in [2.75, 3.05) is 26.4 Å². The molecule has 1 aliphatic carbocycles. The van der Waals surface area contributed by atoms with Crippen LogP contribution in [0.1, 0.15) is 49.4 Å². The molecule has 4 atom stereocenters. The van der Waals surface area contributed by atoms with E-state index in [2.05, 4.69) is 10.3 Å². The number of aromatic nitrogens is 1. The Morgan fingerprint density at radius 2 is 2.19 bits per heavy atom. The Labute approximate surface area is 180 Å². The molecule has 172 valence electrons. The maximum absolute atomic E-state index is 13.1. The Kier molecular flexibility index (Phi) is 6.83. The van der Waals surface area contributed by atoms with Crippen LogP contribution in [0.15, 0.2) is 12.3 Å². The lowest BCUT2D eigenvalue weighted by molar-refractivity contribution is -0.137. The van der Waals surface area contributed by atoms with E-state index in [1.807, 2.05) is 6.92 Å². The number of halogens is 3. The number of carbonyl (C=O) groups excluding carboxylic acids is 1. The standard InChI is InChI=1S/C22H30F3N3O3/c1-2-31-20-13-30-8-6-19(20)27-17-4-3-14(10-17)21(29)28-7-5-18-15(12-28)9-16(11-26-18)22(23,24)25/h9,11,14,17,19-20,27H,2-8,10,12-13H2,1H3/t14-,17?,19-,20+/m0/s1. The van der Waals surface area contributed by atoms with Crippen LogP contribution in [-0.4, -0.2) is 60.3 Å². The zero-order chi connectivity index (χ0) is 22.0. The minimum atomic E-state index is -4.43. The minimum Gasteiger partial charge on any atom is -0.379 e. The van der Waals surface area contributed by atoms with Gasteiger partial charge in [-0.3, -0.25) is 9.78 Å². The average molecular weight is 441 g/mol. The molecule has 0 spiro atoms. The normalized spacial score (nSPS) is 29.1. The zero-order valence-corrected chi connectivity index (χ0v) is 17.8. The number of pyridine rings is 1. The Bertz CT molecular complexity index is 787. The number of ether oxygens (including phenoxy) is 2. The fourth-order valence-electron chi connectivity index (χ4n) is 4.97. The van der Waals surface area contributed by atoms with Gasteiger partial charge in [0.05, 0.1) is 18.3 Å². The number of nitrogens with one attached hydrogen (secondary N) is 1. The van der Waals surface area contributed by atoms with Gasteiger partial charge in [-0.05, 0) is 44.2 Å². The number of hydrogen-bond acceptors (Lipinski definition) is 5. The first kappa shape index (κ1) is 22.5. The van der Waals surface area contributed by atoms with E-state index in [9.17, 15) is 18.0 Å². The molecule has 1 unspecified atom stereocenters. The van der Waals surface area contributed by atoms with Gasteiger partial charge in [-0.2, -0.15) is 13.2 Å². The van der Waals surface area contributed by atoms with Crippen LogP contribution in [0.3, 0.4) is 0 Å². The largest absolute Gasteiger partial charge is 0.417 e. The van der Waals surface area contributed by atoms with Crippen molar-refractivity contribution < 1.29 is 27.4 Å². The molecule has 4 rings (SSSR count). The van der Waals surface area contributed by atoms with Crippen molar-refractivity contribution in [3.05, 3.63) is 29.1 Å². The highest BCUT2D eigenvalue weighted by Gasteiger charge is 2.37. The topological polar surface area (TPSA) is 63.7 Å². The van der Waals surface area contributed by atoms with E-state index < -0.39 is 11.7 Å². The van der Waals surface area contributed by atoms with Crippen LogP contribution in [0, 0.1) is 5.92 Å². The third-order valence-corrected chi connectivity index (χ3v) is 6.60. The van der Waals surface area contributed by atoms with E-state index in [4.69, 9.17) is 9.47 Å². The molecule has 2 aliphatic heterocycles. The summed E-state index contributed by atoms with van der Waals surface area (Å²) in [5.41, 5.74) is 0.402. The van der Waals surface area contributed by atoms with Crippen LogP contribution >= 0.6 is 0 Å². The molecule has 0 radical (unpaired) electrons. The Morgan fingerprint density at radius 3 is 2.97 bits per heavy atom. The molecular formula is C22H30F3N3O3. The number of carbonyl (C=O) groups is 1. The molecule has 1 amide bonds. The fraction of sp³-hybridized carbons (Fsp3) is 0.727. The van der Waals surface area contributed by atoms with Gasteiger partial charge >= 0.3 is 6.18 Å². The average Bonchev–Trinajstić information content (AvgIpc) is 3.22. The van der Waals surface area contributed by atoms with Gasteiger partial charge in [0.25, 0.3) is 0 Å². The predicted octanol–water partition coefficient (Wildman–Crippen LogP) is 2.94. The van der Waals surface area contributed by atoms with Crippen molar-refractivity contribution >= 4 is 5.91 Å². The van der Waals surface area contributed by atoms with Gasteiger partial charge in [0.15, 0.2) is 0 Å². The number of fused-ring (bicyclic) bond motifs is 1. The lowest BCUT2D eigenvalue weighted by atomic mass is 10.00. The smallest absolute Gasteiger partial charge is 0.379 e. The Hall–Kier alpha value is -1.71. The first-order chi connectivity index (χ1) is 14.8. The Balaban J connectivity index is 1.34. The number of hydrogen-bond donors (Lipinski definition) is 1. The quantitative estimate of drug-likeness (QED) is 0.761. The van der Waals surface area contributed by atoms with Crippen LogP contribution in [0.4, 0.5) is 13.2 Å². The molecule has 1 N–H and O–H groups in total. The molecule has 1 saturated heterocycles. The molecular weight excluding hydrogens is 411 g/mol. The minimum absolute atomic E-state index is 0.0300. The summed E-state index contributed by atoms with van der Waals surface area (Å²) in [5.74, 6) is -0.0520. The first-order valence-corrected chi connectivity index (χ1v) is 11.1. The maximum Gasteiger partial charge on any atom is 0.417 e.